The number of rotatable bonds is 9. The Balaban J connectivity index is 1.43. The topological polar surface area (TPSA) is 105 Å². The van der Waals surface area contributed by atoms with Crippen molar-refractivity contribution in [3.8, 4) is 11.1 Å². The number of methoxy groups -OCH3 is 1. The van der Waals surface area contributed by atoms with Crippen LogP contribution in [0.2, 0.25) is 0 Å². The van der Waals surface area contributed by atoms with Crippen molar-refractivity contribution in [1.29, 1.82) is 0 Å². The van der Waals surface area contributed by atoms with Gasteiger partial charge in [0.2, 0.25) is 5.91 Å². The van der Waals surface area contributed by atoms with Gasteiger partial charge in [-0.15, -0.1) is 11.8 Å². The summed E-state index contributed by atoms with van der Waals surface area (Å²) in [4.78, 5) is 38.7. The number of ether oxygens (including phenoxy) is 2. The fourth-order valence-electron chi connectivity index (χ4n) is 4.54. The van der Waals surface area contributed by atoms with Gasteiger partial charge in [-0.1, -0.05) is 48.5 Å². The van der Waals surface area contributed by atoms with E-state index in [0.717, 1.165) is 22.3 Å². The van der Waals surface area contributed by atoms with Crippen molar-refractivity contribution in [2.24, 2.45) is 0 Å². The third-order valence-electron chi connectivity index (χ3n) is 6.23. The van der Waals surface area contributed by atoms with Gasteiger partial charge in [0.05, 0.1) is 5.88 Å². The van der Waals surface area contributed by atoms with Crippen molar-refractivity contribution in [1.82, 2.24) is 10.2 Å². The maximum Gasteiger partial charge on any atom is 0.407 e. The molecular weight excluding hydrogens is 456 g/mol. The van der Waals surface area contributed by atoms with Crippen LogP contribution in [0.5, 0.6) is 0 Å². The van der Waals surface area contributed by atoms with Gasteiger partial charge in [0.1, 0.15) is 18.7 Å². The third-order valence-corrected chi connectivity index (χ3v) is 7.24. The molecule has 2 aliphatic rings. The Morgan fingerprint density at radius 2 is 1.76 bits per heavy atom. The molecule has 2 amide bonds. The van der Waals surface area contributed by atoms with Crippen LogP contribution in [0, 0.1) is 0 Å². The number of hydrogen-bond donors (Lipinski definition) is 2. The van der Waals surface area contributed by atoms with Gasteiger partial charge in [-0.3, -0.25) is 4.79 Å². The first kappa shape index (κ1) is 24.1. The fraction of sp³-hybridized carbons (Fsp3) is 0.400. The Hall–Kier alpha value is -3.04. The number of nitrogens with zero attached hydrogens (tertiary/aromatic N) is 1. The van der Waals surface area contributed by atoms with E-state index in [0.29, 0.717) is 25.2 Å². The van der Waals surface area contributed by atoms with Crippen LogP contribution in [-0.4, -0.2) is 72.0 Å². The molecule has 180 valence electrons. The summed E-state index contributed by atoms with van der Waals surface area (Å²) < 4.78 is 10.7. The lowest BCUT2D eigenvalue weighted by Crippen LogP contribution is -2.52. The number of carboxylic acid groups (broad SMARTS) is 1. The molecule has 1 saturated heterocycles. The van der Waals surface area contributed by atoms with Crippen molar-refractivity contribution in [2.45, 2.75) is 30.8 Å². The molecule has 2 N–H and O–H groups in total. The molecule has 0 aromatic heterocycles. The fourth-order valence-corrected chi connectivity index (χ4v) is 5.69. The number of aliphatic carboxylic acids is 1. The smallest absolute Gasteiger partial charge is 0.407 e. The molecule has 1 aliphatic carbocycles. The molecule has 2 aromatic carbocycles. The maximum atomic E-state index is 13.1. The average Bonchev–Trinajstić information content (AvgIpc) is 3.45. The second-order valence-corrected chi connectivity index (χ2v) is 9.32. The molecule has 9 heteroatoms. The van der Waals surface area contributed by atoms with Gasteiger partial charge in [-0.05, 0) is 35.1 Å². The Morgan fingerprint density at radius 1 is 1.12 bits per heavy atom. The van der Waals surface area contributed by atoms with Crippen LogP contribution in [0.25, 0.3) is 11.1 Å². The second kappa shape index (κ2) is 10.9. The number of hydrogen-bond acceptors (Lipinski definition) is 6. The summed E-state index contributed by atoms with van der Waals surface area (Å²) in [5, 5.41) is 12.1. The van der Waals surface area contributed by atoms with Gasteiger partial charge < -0.3 is 24.8 Å². The molecule has 1 heterocycles. The summed E-state index contributed by atoms with van der Waals surface area (Å²) in [6.07, 6.45) is 0.163. The predicted octanol–water partition coefficient (Wildman–Crippen LogP) is 3.31. The van der Waals surface area contributed by atoms with E-state index in [1.807, 2.05) is 36.4 Å². The number of amides is 2. The SMILES string of the molecule is COCCCC(NC(=O)OCC1c2ccccc2-c2ccccc21)C(=O)N1CSC[C@H]1C(=O)O. The van der Waals surface area contributed by atoms with Crippen molar-refractivity contribution in [3.63, 3.8) is 0 Å². The zero-order valence-corrected chi connectivity index (χ0v) is 19.8. The van der Waals surface area contributed by atoms with E-state index < -0.39 is 30.1 Å². The van der Waals surface area contributed by atoms with E-state index in [1.54, 1.807) is 7.11 Å². The summed E-state index contributed by atoms with van der Waals surface area (Å²) in [6, 6.07) is 14.3. The van der Waals surface area contributed by atoms with E-state index in [1.165, 1.54) is 16.7 Å². The highest BCUT2D eigenvalue weighted by molar-refractivity contribution is 7.99. The zero-order valence-electron chi connectivity index (χ0n) is 18.9. The second-order valence-electron chi connectivity index (χ2n) is 8.32. The Morgan fingerprint density at radius 3 is 2.38 bits per heavy atom. The average molecular weight is 485 g/mol. The van der Waals surface area contributed by atoms with E-state index in [9.17, 15) is 19.5 Å². The first-order valence-electron chi connectivity index (χ1n) is 11.2. The molecule has 0 radical (unpaired) electrons. The van der Waals surface area contributed by atoms with Gasteiger partial charge in [0.25, 0.3) is 0 Å². The van der Waals surface area contributed by atoms with Crippen LogP contribution in [0.3, 0.4) is 0 Å². The number of alkyl carbamates (subject to hydrolysis) is 1. The predicted molar refractivity (Wildman–Crippen MR) is 129 cm³/mol. The molecule has 1 fully saturated rings. The number of nitrogens with one attached hydrogen (secondary N) is 1. The van der Waals surface area contributed by atoms with Crippen LogP contribution < -0.4 is 5.32 Å². The van der Waals surface area contributed by atoms with Crippen LogP contribution in [0.15, 0.2) is 48.5 Å². The van der Waals surface area contributed by atoms with E-state index in [2.05, 4.69) is 17.4 Å². The highest BCUT2D eigenvalue weighted by Gasteiger charge is 2.38. The molecule has 1 unspecified atom stereocenters. The molecule has 0 spiro atoms. The van der Waals surface area contributed by atoms with E-state index in [4.69, 9.17) is 9.47 Å². The summed E-state index contributed by atoms with van der Waals surface area (Å²) in [6.45, 7) is 0.559. The molecule has 0 bridgehead atoms. The minimum Gasteiger partial charge on any atom is -0.480 e. The number of carbonyl (C=O) groups excluding carboxylic acids is 2. The van der Waals surface area contributed by atoms with Crippen molar-refractivity contribution >= 4 is 29.7 Å². The quantitative estimate of drug-likeness (QED) is 0.526. The normalized spacial score (nSPS) is 17.7. The van der Waals surface area contributed by atoms with Gasteiger partial charge >= 0.3 is 12.1 Å². The van der Waals surface area contributed by atoms with Crippen molar-refractivity contribution < 1.29 is 29.0 Å². The molecule has 2 atom stereocenters. The Bertz CT molecular complexity index is 1020. The number of benzene rings is 2. The number of carboxylic acids is 1. The van der Waals surface area contributed by atoms with Gasteiger partial charge in [0.15, 0.2) is 0 Å². The van der Waals surface area contributed by atoms with Crippen molar-refractivity contribution in [2.75, 3.05) is 32.0 Å². The molecule has 2 aromatic rings. The number of carbonyl (C=O) groups is 3. The first-order chi connectivity index (χ1) is 16.5. The lowest BCUT2D eigenvalue weighted by molar-refractivity contribution is -0.148. The molecular formula is C25H28N2O6S. The van der Waals surface area contributed by atoms with Gasteiger partial charge in [-0.2, -0.15) is 0 Å². The first-order valence-corrected chi connectivity index (χ1v) is 12.4. The van der Waals surface area contributed by atoms with Crippen LogP contribution in [0.4, 0.5) is 4.79 Å². The number of thioether (sulfide) groups is 1. The lowest BCUT2D eigenvalue weighted by Gasteiger charge is -2.26. The Labute approximate surface area is 202 Å². The summed E-state index contributed by atoms with van der Waals surface area (Å²) in [7, 11) is 1.56. The van der Waals surface area contributed by atoms with Gasteiger partial charge in [-0.25, -0.2) is 9.59 Å². The van der Waals surface area contributed by atoms with Gasteiger partial charge in [0, 0.05) is 25.4 Å². The monoisotopic (exact) mass is 484 g/mol. The Kier molecular flexibility index (Phi) is 7.74. The van der Waals surface area contributed by atoms with Crippen LogP contribution >= 0.6 is 11.8 Å². The molecule has 1 aliphatic heterocycles. The lowest BCUT2D eigenvalue weighted by atomic mass is 9.98. The van der Waals surface area contributed by atoms with E-state index >= 15 is 0 Å². The zero-order chi connectivity index (χ0) is 24.1. The number of fused-ring (bicyclic) bond motifs is 3. The summed E-state index contributed by atoms with van der Waals surface area (Å²) >= 11 is 1.38. The summed E-state index contributed by atoms with van der Waals surface area (Å²) in [5.74, 6) is -0.941. The van der Waals surface area contributed by atoms with Crippen LogP contribution in [0.1, 0.15) is 29.9 Å². The third kappa shape index (κ3) is 5.05. The van der Waals surface area contributed by atoms with E-state index in [-0.39, 0.29) is 18.4 Å². The molecule has 34 heavy (non-hydrogen) atoms. The minimum atomic E-state index is -1.05. The molecule has 4 rings (SSSR count). The minimum absolute atomic E-state index is 0.0906. The summed E-state index contributed by atoms with van der Waals surface area (Å²) in [5.41, 5.74) is 4.46. The highest BCUT2D eigenvalue weighted by Crippen LogP contribution is 2.44. The highest BCUT2D eigenvalue weighted by atomic mass is 32.2. The largest absolute Gasteiger partial charge is 0.480 e. The van der Waals surface area contributed by atoms with Crippen LogP contribution in [-0.2, 0) is 19.1 Å². The molecule has 0 saturated carbocycles. The molecule has 8 nitrogen and oxygen atoms in total. The standard InChI is InChI=1S/C25H28N2O6S/c1-32-12-6-11-21(23(28)27-15-34-14-22(27)24(29)30)26-25(31)33-13-20-18-9-4-2-7-16(18)17-8-3-5-10-19(17)20/h2-5,7-10,20-22H,6,11-15H2,1H3,(H,26,31)(H,29,30)/t21?,22-/m0/s1. The maximum absolute atomic E-state index is 13.1. The van der Waals surface area contributed by atoms with Crippen molar-refractivity contribution in [3.05, 3.63) is 59.7 Å².